The van der Waals surface area contributed by atoms with Gasteiger partial charge >= 0.3 is 6.18 Å². The van der Waals surface area contributed by atoms with Crippen molar-refractivity contribution in [2.45, 2.75) is 38.0 Å². The molecule has 6 heteroatoms. The molecule has 1 rings (SSSR count). The molecule has 1 heterocycles. The van der Waals surface area contributed by atoms with E-state index < -0.39 is 18.6 Å². The zero-order chi connectivity index (χ0) is 13.6. The Morgan fingerprint density at radius 1 is 1.44 bits per heavy atom. The van der Waals surface area contributed by atoms with Crippen LogP contribution in [-0.2, 0) is 0 Å². The van der Waals surface area contributed by atoms with E-state index in [1.807, 2.05) is 0 Å². The Hall–Kier alpha value is -1.14. The number of hydrogen-bond donors (Lipinski definition) is 2. The summed E-state index contributed by atoms with van der Waals surface area (Å²) in [5.41, 5.74) is 0.696. The van der Waals surface area contributed by atoms with Crippen molar-refractivity contribution >= 4 is 0 Å². The van der Waals surface area contributed by atoms with Gasteiger partial charge in [0.25, 0.3) is 0 Å². The molecule has 18 heavy (non-hydrogen) atoms. The third kappa shape index (κ3) is 5.46. The SMILES string of the molecule is C[C@H](CO)NC(CCC(F)(F)F)c1cccnc1. The molecule has 3 nitrogen and oxygen atoms in total. The molecule has 2 N–H and O–H groups in total. The molecule has 0 bridgehead atoms. The number of nitrogens with zero attached hydrogens (tertiary/aromatic N) is 1. The maximum atomic E-state index is 12.3. The predicted molar refractivity (Wildman–Crippen MR) is 62.0 cm³/mol. The Morgan fingerprint density at radius 3 is 2.67 bits per heavy atom. The maximum Gasteiger partial charge on any atom is 0.389 e. The highest BCUT2D eigenvalue weighted by Gasteiger charge is 2.29. The van der Waals surface area contributed by atoms with E-state index in [0.29, 0.717) is 5.56 Å². The lowest BCUT2D eigenvalue weighted by Gasteiger charge is -2.23. The molecule has 0 aliphatic rings. The summed E-state index contributed by atoms with van der Waals surface area (Å²) < 4.78 is 36.8. The number of aliphatic hydroxyl groups excluding tert-OH is 1. The number of hydrogen-bond acceptors (Lipinski definition) is 3. The molecule has 1 aromatic heterocycles. The summed E-state index contributed by atoms with van der Waals surface area (Å²) in [5.74, 6) is 0. The van der Waals surface area contributed by atoms with E-state index in [9.17, 15) is 13.2 Å². The number of halogens is 3. The van der Waals surface area contributed by atoms with E-state index in [1.54, 1.807) is 25.3 Å². The first kappa shape index (κ1) is 14.9. The average molecular weight is 262 g/mol. The largest absolute Gasteiger partial charge is 0.395 e. The minimum absolute atomic E-state index is 0.0699. The van der Waals surface area contributed by atoms with Crippen LogP contribution in [0.25, 0.3) is 0 Å². The van der Waals surface area contributed by atoms with E-state index >= 15 is 0 Å². The summed E-state index contributed by atoms with van der Waals surface area (Å²) in [7, 11) is 0. The van der Waals surface area contributed by atoms with Gasteiger partial charge in [-0.15, -0.1) is 0 Å². The van der Waals surface area contributed by atoms with Gasteiger partial charge in [0.15, 0.2) is 0 Å². The van der Waals surface area contributed by atoms with E-state index in [-0.39, 0.29) is 19.1 Å². The Labute approximate surface area is 104 Å². The topological polar surface area (TPSA) is 45.1 Å². The highest BCUT2D eigenvalue weighted by Crippen LogP contribution is 2.27. The third-order valence-corrected chi connectivity index (χ3v) is 2.56. The summed E-state index contributed by atoms with van der Waals surface area (Å²) in [5, 5.41) is 11.9. The fourth-order valence-corrected chi connectivity index (χ4v) is 1.63. The molecular formula is C12H17F3N2O. The van der Waals surface area contributed by atoms with Crippen LogP contribution in [0.1, 0.15) is 31.4 Å². The van der Waals surface area contributed by atoms with Crippen LogP contribution >= 0.6 is 0 Å². The lowest BCUT2D eigenvalue weighted by molar-refractivity contribution is -0.136. The highest BCUT2D eigenvalue weighted by molar-refractivity contribution is 5.14. The van der Waals surface area contributed by atoms with Crippen molar-refractivity contribution in [3.8, 4) is 0 Å². The molecule has 0 saturated carbocycles. The minimum Gasteiger partial charge on any atom is -0.395 e. The van der Waals surface area contributed by atoms with Gasteiger partial charge in [0, 0.05) is 30.9 Å². The Bertz CT molecular complexity index is 343. The fraction of sp³-hybridized carbons (Fsp3) is 0.583. The molecular weight excluding hydrogens is 245 g/mol. The first-order valence-corrected chi connectivity index (χ1v) is 5.76. The number of rotatable bonds is 6. The van der Waals surface area contributed by atoms with Crippen LogP contribution in [0.15, 0.2) is 24.5 Å². The maximum absolute atomic E-state index is 12.3. The van der Waals surface area contributed by atoms with Gasteiger partial charge in [-0.3, -0.25) is 4.98 Å². The average Bonchev–Trinajstić information content (AvgIpc) is 2.34. The van der Waals surface area contributed by atoms with Gasteiger partial charge in [0.2, 0.25) is 0 Å². The van der Waals surface area contributed by atoms with Crippen LogP contribution in [0.4, 0.5) is 13.2 Å². The van der Waals surface area contributed by atoms with Crippen LogP contribution in [0.5, 0.6) is 0 Å². The first-order valence-electron chi connectivity index (χ1n) is 5.76. The van der Waals surface area contributed by atoms with Gasteiger partial charge in [-0.2, -0.15) is 13.2 Å². The molecule has 1 aromatic rings. The normalized spacial score (nSPS) is 15.4. The summed E-state index contributed by atoms with van der Waals surface area (Å²) in [6.45, 7) is 1.60. The molecule has 0 radical (unpaired) electrons. The number of aromatic nitrogens is 1. The second kappa shape index (κ2) is 6.70. The molecule has 2 atom stereocenters. The number of aliphatic hydroxyl groups is 1. The van der Waals surface area contributed by atoms with Gasteiger partial charge in [0.05, 0.1) is 6.61 Å². The fourth-order valence-electron chi connectivity index (χ4n) is 1.63. The minimum atomic E-state index is -4.18. The summed E-state index contributed by atoms with van der Waals surface area (Å²) in [6.07, 6.45) is -2.00. The molecule has 0 amide bonds. The van der Waals surface area contributed by atoms with Crippen molar-refractivity contribution in [2.75, 3.05) is 6.61 Å². The van der Waals surface area contributed by atoms with Crippen LogP contribution in [-0.4, -0.2) is 28.9 Å². The Balaban J connectivity index is 2.69. The van der Waals surface area contributed by atoms with E-state index in [4.69, 9.17) is 5.11 Å². The van der Waals surface area contributed by atoms with Gasteiger partial charge < -0.3 is 10.4 Å². The van der Waals surface area contributed by atoms with Gasteiger partial charge in [-0.25, -0.2) is 0 Å². The number of pyridine rings is 1. The van der Waals surface area contributed by atoms with E-state index in [0.717, 1.165) is 0 Å². The Morgan fingerprint density at radius 2 is 2.17 bits per heavy atom. The molecule has 102 valence electrons. The monoisotopic (exact) mass is 262 g/mol. The third-order valence-electron chi connectivity index (χ3n) is 2.56. The molecule has 0 fully saturated rings. The van der Waals surface area contributed by atoms with E-state index in [2.05, 4.69) is 10.3 Å². The quantitative estimate of drug-likeness (QED) is 0.827. The zero-order valence-electron chi connectivity index (χ0n) is 10.1. The molecule has 0 aromatic carbocycles. The second-order valence-electron chi connectivity index (χ2n) is 4.24. The van der Waals surface area contributed by atoms with Crippen molar-refractivity contribution in [3.05, 3.63) is 30.1 Å². The summed E-state index contributed by atoms with van der Waals surface area (Å²) in [4.78, 5) is 3.90. The number of nitrogens with one attached hydrogen (secondary N) is 1. The van der Waals surface area contributed by atoms with Gasteiger partial charge in [-0.1, -0.05) is 6.07 Å². The van der Waals surface area contributed by atoms with Gasteiger partial charge in [-0.05, 0) is 25.0 Å². The van der Waals surface area contributed by atoms with Crippen molar-refractivity contribution in [2.24, 2.45) is 0 Å². The smallest absolute Gasteiger partial charge is 0.389 e. The molecule has 0 aliphatic heterocycles. The first-order chi connectivity index (χ1) is 8.42. The standard InChI is InChI=1S/C12H17F3N2O/c1-9(8-18)17-11(4-5-12(13,14)15)10-3-2-6-16-7-10/h2-3,6-7,9,11,17-18H,4-5,8H2,1H3/t9-,11?/m1/s1. The van der Waals surface area contributed by atoms with E-state index in [1.165, 1.54) is 6.20 Å². The van der Waals surface area contributed by atoms with Crippen molar-refractivity contribution < 1.29 is 18.3 Å². The van der Waals surface area contributed by atoms with Crippen LogP contribution in [0.3, 0.4) is 0 Å². The van der Waals surface area contributed by atoms with Crippen molar-refractivity contribution in [1.82, 2.24) is 10.3 Å². The molecule has 0 spiro atoms. The second-order valence-corrected chi connectivity index (χ2v) is 4.24. The molecule has 1 unspecified atom stereocenters. The lowest BCUT2D eigenvalue weighted by atomic mass is 10.0. The lowest BCUT2D eigenvalue weighted by Crippen LogP contribution is -2.34. The van der Waals surface area contributed by atoms with Crippen LogP contribution in [0, 0.1) is 0 Å². The highest BCUT2D eigenvalue weighted by atomic mass is 19.4. The Kier molecular flexibility index (Phi) is 5.55. The zero-order valence-corrected chi connectivity index (χ0v) is 10.1. The predicted octanol–water partition coefficient (Wildman–Crippen LogP) is 2.44. The van der Waals surface area contributed by atoms with Gasteiger partial charge in [0.1, 0.15) is 0 Å². The van der Waals surface area contributed by atoms with Crippen molar-refractivity contribution in [3.63, 3.8) is 0 Å². The summed E-state index contributed by atoms with van der Waals surface area (Å²) >= 11 is 0. The van der Waals surface area contributed by atoms with Crippen LogP contribution < -0.4 is 5.32 Å². The summed E-state index contributed by atoms with van der Waals surface area (Å²) in [6, 6.07) is 2.69. The number of alkyl halides is 3. The molecule has 0 saturated heterocycles. The molecule has 0 aliphatic carbocycles. The van der Waals surface area contributed by atoms with Crippen LogP contribution in [0.2, 0.25) is 0 Å². The van der Waals surface area contributed by atoms with Crippen molar-refractivity contribution in [1.29, 1.82) is 0 Å².